The molecule has 7 heteroatoms. The molecule has 4 rings (SSSR count). The average molecular weight is 388 g/mol. The van der Waals surface area contributed by atoms with Gasteiger partial charge in [-0.25, -0.2) is 9.37 Å². The van der Waals surface area contributed by atoms with Crippen LogP contribution in [0.2, 0.25) is 5.02 Å². The molecule has 1 aliphatic rings. The number of halogens is 2. The Kier molecular flexibility index (Phi) is 4.38. The van der Waals surface area contributed by atoms with Crippen LogP contribution in [-0.2, 0) is 0 Å². The summed E-state index contributed by atoms with van der Waals surface area (Å²) in [7, 11) is 1.38. The lowest BCUT2D eigenvalue weighted by Gasteiger charge is -2.19. The number of methoxy groups -OCH3 is 1. The lowest BCUT2D eigenvalue weighted by Crippen LogP contribution is -2.28. The fourth-order valence-corrected chi connectivity index (χ4v) is 3.75. The molecule has 5 nitrogen and oxygen atoms in total. The van der Waals surface area contributed by atoms with E-state index in [-0.39, 0.29) is 17.4 Å². The monoisotopic (exact) mass is 387 g/mol. The molecule has 0 unspecified atom stereocenters. The van der Waals surface area contributed by atoms with Gasteiger partial charge in [0.2, 0.25) is 0 Å². The van der Waals surface area contributed by atoms with Crippen LogP contribution in [0, 0.1) is 18.7 Å². The van der Waals surface area contributed by atoms with Gasteiger partial charge < -0.3 is 9.30 Å². The van der Waals surface area contributed by atoms with Crippen molar-refractivity contribution in [2.75, 3.05) is 7.11 Å². The summed E-state index contributed by atoms with van der Waals surface area (Å²) < 4.78 is 21.1. The van der Waals surface area contributed by atoms with E-state index in [9.17, 15) is 9.18 Å². The number of hydrogen-bond acceptors (Lipinski definition) is 4. The van der Waals surface area contributed by atoms with Crippen LogP contribution in [0.5, 0.6) is 5.75 Å². The molecule has 0 N–H and O–H groups in total. The van der Waals surface area contributed by atoms with Gasteiger partial charge in [0.25, 0.3) is 5.56 Å². The largest absolute Gasteiger partial charge is 0.494 e. The Balaban J connectivity index is 2.01. The van der Waals surface area contributed by atoms with Crippen molar-refractivity contribution < 1.29 is 9.13 Å². The van der Waals surface area contributed by atoms with Crippen LogP contribution in [0.25, 0.3) is 22.3 Å². The van der Waals surface area contributed by atoms with Gasteiger partial charge in [-0.2, -0.15) is 0 Å². The lowest BCUT2D eigenvalue weighted by molar-refractivity contribution is 0.386. The summed E-state index contributed by atoms with van der Waals surface area (Å²) >= 11 is 6.37. The Bertz CT molecular complexity index is 1110. The number of benzene rings is 1. The van der Waals surface area contributed by atoms with Gasteiger partial charge in [-0.1, -0.05) is 11.6 Å². The molecule has 27 heavy (non-hydrogen) atoms. The molecule has 1 aliphatic carbocycles. The van der Waals surface area contributed by atoms with Crippen molar-refractivity contribution in [3.05, 3.63) is 51.3 Å². The highest BCUT2D eigenvalue weighted by Crippen LogP contribution is 2.40. The number of aryl methyl sites for hydroxylation is 1. The molecule has 1 fully saturated rings. The third-order valence-corrected chi connectivity index (χ3v) is 5.49. The van der Waals surface area contributed by atoms with Gasteiger partial charge in [0, 0.05) is 23.9 Å². The second kappa shape index (κ2) is 6.60. The quantitative estimate of drug-likeness (QED) is 0.659. The van der Waals surface area contributed by atoms with Crippen LogP contribution in [0.1, 0.15) is 31.5 Å². The number of ether oxygens (including phenoxy) is 1. The number of fused-ring (bicyclic) bond motifs is 1. The zero-order chi connectivity index (χ0) is 19.3. The Morgan fingerprint density at radius 1 is 1.37 bits per heavy atom. The first-order valence-electron chi connectivity index (χ1n) is 8.83. The molecular formula is C20H19ClFN3O2. The molecule has 1 aromatic carbocycles. The summed E-state index contributed by atoms with van der Waals surface area (Å²) in [5, 5.41) is 0.306. The van der Waals surface area contributed by atoms with Crippen LogP contribution in [0.15, 0.2) is 29.2 Å². The minimum atomic E-state index is -0.535. The van der Waals surface area contributed by atoms with E-state index in [1.165, 1.54) is 19.2 Å². The van der Waals surface area contributed by atoms with Gasteiger partial charge in [0.15, 0.2) is 11.6 Å². The van der Waals surface area contributed by atoms with E-state index in [4.69, 9.17) is 16.3 Å². The van der Waals surface area contributed by atoms with E-state index in [0.717, 1.165) is 12.8 Å². The fourth-order valence-electron chi connectivity index (χ4n) is 3.51. The van der Waals surface area contributed by atoms with Crippen LogP contribution in [0.3, 0.4) is 0 Å². The SMILES string of the molecule is COc1cc(Cl)c(-c2nccc3c2nc(C)c(=O)n3[C@H](C)C2CC2)cc1F. The fraction of sp³-hybridized carbons (Fsp3) is 0.350. The second-order valence-electron chi connectivity index (χ2n) is 6.94. The van der Waals surface area contributed by atoms with E-state index in [1.54, 1.807) is 23.8 Å². The van der Waals surface area contributed by atoms with Gasteiger partial charge in [-0.3, -0.25) is 9.78 Å². The zero-order valence-electron chi connectivity index (χ0n) is 15.3. The van der Waals surface area contributed by atoms with E-state index < -0.39 is 5.82 Å². The first kappa shape index (κ1) is 17.9. The first-order chi connectivity index (χ1) is 12.9. The predicted octanol–water partition coefficient (Wildman–Crippen LogP) is 4.54. The van der Waals surface area contributed by atoms with E-state index >= 15 is 0 Å². The van der Waals surface area contributed by atoms with Crippen molar-refractivity contribution in [1.82, 2.24) is 14.5 Å². The molecule has 2 heterocycles. The van der Waals surface area contributed by atoms with E-state index in [2.05, 4.69) is 16.9 Å². The number of hydrogen-bond donors (Lipinski definition) is 0. The van der Waals surface area contributed by atoms with Gasteiger partial charge in [-0.15, -0.1) is 0 Å². The molecular weight excluding hydrogens is 369 g/mol. The third-order valence-electron chi connectivity index (χ3n) is 5.18. The maximum Gasteiger partial charge on any atom is 0.272 e. The molecule has 1 saturated carbocycles. The standard InChI is InChI=1S/C20H19ClFN3O2/c1-10-20(26)25(11(2)12-4-5-12)16-6-7-23-18(19(16)24-10)13-8-15(22)17(27-3)9-14(13)21/h6-9,11-12H,4-5H2,1-3H3/t11-/m1/s1. The van der Waals surface area contributed by atoms with Crippen molar-refractivity contribution in [3.63, 3.8) is 0 Å². The maximum absolute atomic E-state index is 14.3. The highest BCUT2D eigenvalue weighted by molar-refractivity contribution is 6.33. The Morgan fingerprint density at radius 3 is 2.78 bits per heavy atom. The van der Waals surface area contributed by atoms with Gasteiger partial charge in [-0.05, 0) is 44.7 Å². The minimum Gasteiger partial charge on any atom is -0.494 e. The molecule has 0 bridgehead atoms. The third kappa shape index (κ3) is 2.98. The smallest absolute Gasteiger partial charge is 0.272 e. The van der Waals surface area contributed by atoms with E-state index in [0.29, 0.717) is 38.9 Å². The number of pyridine rings is 1. The van der Waals surface area contributed by atoms with Gasteiger partial charge in [0.05, 0.1) is 23.3 Å². The van der Waals surface area contributed by atoms with Crippen molar-refractivity contribution in [1.29, 1.82) is 0 Å². The lowest BCUT2D eigenvalue weighted by atomic mass is 10.1. The average Bonchev–Trinajstić information content (AvgIpc) is 3.49. The summed E-state index contributed by atoms with van der Waals surface area (Å²) in [6.07, 6.45) is 3.83. The summed E-state index contributed by atoms with van der Waals surface area (Å²) in [5.74, 6) is 0.0193. The Hall–Kier alpha value is -2.47. The molecule has 0 spiro atoms. The van der Waals surface area contributed by atoms with Crippen LogP contribution in [-0.4, -0.2) is 21.6 Å². The molecule has 3 aromatic rings. The topological polar surface area (TPSA) is 57.0 Å². The highest BCUT2D eigenvalue weighted by Gasteiger charge is 2.31. The summed E-state index contributed by atoms with van der Waals surface area (Å²) in [4.78, 5) is 21.7. The molecule has 1 atom stereocenters. The second-order valence-corrected chi connectivity index (χ2v) is 7.35. The van der Waals surface area contributed by atoms with Gasteiger partial charge >= 0.3 is 0 Å². The van der Waals surface area contributed by atoms with Crippen molar-refractivity contribution in [2.24, 2.45) is 5.92 Å². The summed E-state index contributed by atoms with van der Waals surface area (Å²) in [6.45, 7) is 3.74. The molecule has 0 amide bonds. The van der Waals surface area contributed by atoms with Crippen LogP contribution < -0.4 is 10.3 Å². The van der Waals surface area contributed by atoms with Gasteiger partial charge in [0.1, 0.15) is 11.2 Å². The first-order valence-corrected chi connectivity index (χ1v) is 9.21. The molecule has 140 valence electrons. The number of rotatable bonds is 4. The molecule has 0 saturated heterocycles. The van der Waals surface area contributed by atoms with Crippen LogP contribution >= 0.6 is 11.6 Å². The predicted molar refractivity (Wildman–Crippen MR) is 103 cm³/mol. The Labute approximate surface area is 160 Å². The van der Waals surface area contributed by atoms with Crippen molar-refractivity contribution >= 4 is 22.6 Å². The maximum atomic E-state index is 14.3. The number of aromatic nitrogens is 3. The van der Waals surface area contributed by atoms with Crippen molar-refractivity contribution in [3.8, 4) is 17.0 Å². The van der Waals surface area contributed by atoms with Crippen molar-refractivity contribution in [2.45, 2.75) is 32.7 Å². The normalized spacial score (nSPS) is 15.1. The van der Waals surface area contributed by atoms with E-state index in [1.807, 2.05) is 0 Å². The highest BCUT2D eigenvalue weighted by atomic mass is 35.5. The summed E-state index contributed by atoms with van der Waals surface area (Å²) in [5.41, 5.74) is 2.35. The Morgan fingerprint density at radius 2 is 2.11 bits per heavy atom. The molecule has 0 radical (unpaired) electrons. The summed E-state index contributed by atoms with van der Waals surface area (Å²) in [6, 6.07) is 4.56. The van der Waals surface area contributed by atoms with Crippen LogP contribution in [0.4, 0.5) is 4.39 Å². The molecule has 2 aromatic heterocycles. The number of nitrogens with zero attached hydrogens (tertiary/aromatic N) is 3. The zero-order valence-corrected chi connectivity index (χ0v) is 16.0. The minimum absolute atomic E-state index is 0.0624. The molecule has 0 aliphatic heterocycles.